The zero-order valence-electron chi connectivity index (χ0n) is 27.8. The maximum Gasteiger partial charge on any atom is 0.333 e. The van der Waals surface area contributed by atoms with Gasteiger partial charge in [0.25, 0.3) is 5.56 Å². The lowest BCUT2D eigenvalue weighted by Gasteiger charge is -2.41. The van der Waals surface area contributed by atoms with Gasteiger partial charge >= 0.3 is 5.69 Å². The highest BCUT2D eigenvalue weighted by atomic mass is 16.2. The summed E-state index contributed by atoms with van der Waals surface area (Å²) in [6, 6.07) is 58.8. The van der Waals surface area contributed by atoms with Gasteiger partial charge in [-0.15, -0.1) is 0 Å². The predicted molar refractivity (Wildman–Crippen MR) is 201 cm³/mol. The second kappa shape index (κ2) is 14.9. The second-order valence-corrected chi connectivity index (χ2v) is 11.8. The molecule has 0 saturated carbocycles. The minimum absolute atomic E-state index is 0.0519. The summed E-state index contributed by atoms with van der Waals surface area (Å²) in [4.78, 5) is 30.4. The van der Waals surface area contributed by atoms with Crippen LogP contribution in [0.15, 0.2) is 198 Å². The summed E-state index contributed by atoms with van der Waals surface area (Å²) in [6.07, 6.45) is 1.51. The summed E-state index contributed by atoms with van der Waals surface area (Å²) < 4.78 is 3.00. The number of nitrogens with zero attached hydrogens (tertiary/aromatic N) is 2. The van der Waals surface area contributed by atoms with Crippen molar-refractivity contribution in [1.82, 2.24) is 9.13 Å². The molecule has 50 heavy (non-hydrogen) atoms. The van der Waals surface area contributed by atoms with Crippen molar-refractivity contribution in [3.63, 3.8) is 0 Å². The first-order chi connectivity index (χ1) is 24.5. The van der Waals surface area contributed by atoms with Crippen molar-refractivity contribution in [2.24, 2.45) is 0 Å². The van der Waals surface area contributed by atoms with Gasteiger partial charge in [-0.3, -0.25) is 9.36 Å². The molecule has 0 bridgehead atoms. The number of aliphatic hydroxyl groups excluding tert-OH is 1. The van der Waals surface area contributed by atoms with Crippen LogP contribution in [0.4, 0.5) is 5.69 Å². The number of hydrogen-bond acceptors (Lipinski definition) is 4. The molecule has 0 spiro atoms. The Kier molecular flexibility index (Phi) is 10.0. The van der Waals surface area contributed by atoms with E-state index in [4.69, 9.17) is 10.8 Å². The molecule has 0 fully saturated rings. The molecule has 6 nitrogen and oxygen atoms in total. The first-order valence-corrected chi connectivity index (χ1v) is 16.6. The highest BCUT2D eigenvalue weighted by molar-refractivity contribution is 5.54. The van der Waals surface area contributed by atoms with Crippen LogP contribution in [0.3, 0.4) is 0 Å². The van der Waals surface area contributed by atoms with Gasteiger partial charge in [0.1, 0.15) is 16.8 Å². The van der Waals surface area contributed by atoms with Crippen molar-refractivity contribution in [3.8, 4) is 0 Å². The molecule has 0 unspecified atom stereocenters. The molecule has 0 radical (unpaired) electrons. The topological polar surface area (TPSA) is 90.2 Å². The van der Waals surface area contributed by atoms with Gasteiger partial charge in [0.2, 0.25) is 0 Å². The summed E-state index contributed by atoms with van der Waals surface area (Å²) in [5, 5.41) is 7.57. The Hall–Kier alpha value is -6.24. The van der Waals surface area contributed by atoms with E-state index in [9.17, 15) is 4.79 Å². The largest absolute Gasteiger partial charge is 0.397 e. The lowest BCUT2D eigenvalue weighted by molar-refractivity contribution is 0.318. The fourth-order valence-electron chi connectivity index (χ4n) is 6.99. The van der Waals surface area contributed by atoms with Gasteiger partial charge in [-0.1, -0.05) is 182 Å². The number of nitrogens with two attached hydrogens (primary N) is 1. The number of aliphatic hydroxyl groups is 1. The van der Waals surface area contributed by atoms with Crippen LogP contribution in [0.1, 0.15) is 40.3 Å². The fraction of sp³-hybridized carbons (Fsp3) is 0.0909. The molecular formula is C44H39N3O3. The van der Waals surface area contributed by atoms with E-state index in [1.165, 1.54) is 10.8 Å². The molecule has 6 aromatic carbocycles. The molecule has 0 amide bonds. The van der Waals surface area contributed by atoms with Crippen LogP contribution < -0.4 is 17.0 Å². The van der Waals surface area contributed by atoms with Crippen molar-refractivity contribution in [2.45, 2.75) is 18.0 Å². The Morgan fingerprint density at radius 3 is 0.980 bits per heavy atom. The zero-order chi connectivity index (χ0) is 35.0. The standard InChI is InChI=1S/C42H33N3O2.C2H6O/c43-38-31-44(41(32-19-7-1-8-20-32,33-21-9-2-10-22-33)34-23-11-3-12-24-34)40(47)45(39(38)46)42(35-25-13-4-14-26-35,36-27-15-5-16-28-36)37-29-17-6-18-30-37;1-2-3/h1-31H,43H2;3H,2H2,1H3. The smallest absolute Gasteiger partial charge is 0.333 e. The Morgan fingerprint density at radius 2 is 0.720 bits per heavy atom. The molecule has 7 rings (SSSR count). The van der Waals surface area contributed by atoms with Crippen molar-refractivity contribution < 1.29 is 5.11 Å². The predicted octanol–water partition coefficient (Wildman–Crippen LogP) is 7.27. The molecule has 0 saturated heterocycles. The maximum atomic E-state index is 15.7. The summed E-state index contributed by atoms with van der Waals surface area (Å²) in [5.74, 6) is 0. The fourth-order valence-corrected chi connectivity index (χ4v) is 6.99. The number of nitrogen functional groups attached to an aromatic ring is 1. The molecule has 1 heterocycles. The molecule has 3 N–H and O–H groups in total. The number of aromatic nitrogens is 2. The van der Waals surface area contributed by atoms with E-state index in [-0.39, 0.29) is 12.3 Å². The third kappa shape index (κ3) is 5.76. The van der Waals surface area contributed by atoms with Crippen LogP contribution >= 0.6 is 0 Å². The lowest BCUT2D eigenvalue weighted by Crippen LogP contribution is -2.57. The molecule has 0 aliphatic heterocycles. The molecule has 1 aromatic heterocycles. The van der Waals surface area contributed by atoms with Gasteiger partial charge in [0.05, 0.1) is 0 Å². The third-order valence-electron chi connectivity index (χ3n) is 8.96. The van der Waals surface area contributed by atoms with Crippen LogP contribution in [0.25, 0.3) is 0 Å². The summed E-state index contributed by atoms with van der Waals surface area (Å²) in [6.45, 7) is 1.93. The molecular weight excluding hydrogens is 619 g/mol. The average Bonchev–Trinajstić information content (AvgIpc) is 3.18. The van der Waals surface area contributed by atoms with E-state index < -0.39 is 22.3 Å². The number of rotatable bonds is 8. The van der Waals surface area contributed by atoms with Gasteiger partial charge in [-0.25, -0.2) is 9.36 Å². The highest BCUT2D eigenvalue weighted by Crippen LogP contribution is 2.42. The van der Waals surface area contributed by atoms with Crippen molar-refractivity contribution in [2.75, 3.05) is 12.3 Å². The normalized spacial score (nSPS) is 11.3. The Morgan fingerprint density at radius 1 is 0.480 bits per heavy atom. The first-order valence-electron chi connectivity index (χ1n) is 16.6. The van der Waals surface area contributed by atoms with Crippen LogP contribution in [0.2, 0.25) is 0 Å². The van der Waals surface area contributed by atoms with E-state index in [1.54, 1.807) is 11.5 Å². The molecule has 0 atom stereocenters. The van der Waals surface area contributed by atoms with E-state index >= 15 is 4.79 Å². The maximum absolute atomic E-state index is 15.7. The van der Waals surface area contributed by atoms with Crippen LogP contribution in [0.5, 0.6) is 0 Å². The van der Waals surface area contributed by atoms with E-state index in [1.807, 2.05) is 182 Å². The van der Waals surface area contributed by atoms with E-state index in [0.717, 1.165) is 33.4 Å². The second-order valence-electron chi connectivity index (χ2n) is 11.8. The lowest BCUT2D eigenvalue weighted by atomic mass is 9.75. The minimum Gasteiger partial charge on any atom is -0.397 e. The van der Waals surface area contributed by atoms with Crippen LogP contribution in [-0.4, -0.2) is 20.8 Å². The average molecular weight is 658 g/mol. The van der Waals surface area contributed by atoms with Crippen molar-refractivity contribution >= 4 is 5.69 Å². The van der Waals surface area contributed by atoms with Crippen molar-refractivity contribution in [3.05, 3.63) is 242 Å². The highest BCUT2D eigenvalue weighted by Gasteiger charge is 2.45. The third-order valence-corrected chi connectivity index (χ3v) is 8.96. The zero-order valence-corrected chi connectivity index (χ0v) is 27.8. The first kappa shape index (κ1) is 33.7. The number of anilines is 1. The van der Waals surface area contributed by atoms with Gasteiger partial charge in [0, 0.05) is 12.8 Å². The van der Waals surface area contributed by atoms with Crippen molar-refractivity contribution in [1.29, 1.82) is 0 Å². The van der Waals surface area contributed by atoms with Gasteiger partial charge in [0.15, 0.2) is 0 Å². The molecule has 248 valence electrons. The van der Waals surface area contributed by atoms with Gasteiger partial charge in [-0.05, 0) is 40.3 Å². The minimum atomic E-state index is -1.37. The summed E-state index contributed by atoms with van der Waals surface area (Å²) in [7, 11) is 0. The quantitative estimate of drug-likeness (QED) is 0.168. The molecule has 0 aliphatic carbocycles. The number of benzene rings is 6. The van der Waals surface area contributed by atoms with Gasteiger partial charge in [-0.2, -0.15) is 0 Å². The monoisotopic (exact) mass is 657 g/mol. The Bertz CT molecular complexity index is 2040. The summed E-state index contributed by atoms with van der Waals surface area (Å²) in [5.41, 5.74) is 7.82. The molecule has 0 aliphatic rings. The molecule has 6 heteroatoms. The Balaban J connectivity index is 0.00000139. The Labute approximate surface area is 292 Å². The molecule has 7 aromatic rings. The SMILES string of the molecule is CCO.Nc1cn(C(c2ccccc2)(c2ccccc2)c2ccccc2)c(=O)n(C(c2ccccc2)(c2ccccc2)c2ccccc2)c1=O. The number of hydrogen-bond donors (Lipinski definition) is 2. The van der Waals surface area contributed by atoms with Crippen LogP contribution in [0, 0.1) is 0 Å². The summed E-state index contributed by atoms with van der Waals surface area (Å²) >= 11 is 0. The van der Waals surface area contributed by atoms with E-state index in [2.05, 4.69) is 0 Å². The van der Waals surface area contributed by atoms with Crippen LogP contribution in [-0.2, 0) is 11.1 Å². The van der Waals surface area contributed by atoms with E-state index in [0.29, 0.717) is 0 Å². The van der Waals surface area contributed by atoms with Gasteiger partial charge < -0.3 is 10.8 Å².